The summed E-state index contributed by atoms with van der Waals surface area (Å²) < 4.78 is 5.30. The van der Waals surface area contributed by atoms with E-state index >= 15 is 0 Å². The van der Waals surface area contributed by atoms with E-state index in [9.17, 15) is 0 Å². The summed E-state index contributed by atoms with van der Waals surface area (Å²) in [6.07, 6.45) is 6.74. The SMILES string of the molecule is CCC1CCCCC1Nc1ccc(OC)c(C)c1. The van der Waals surface area contributed by atoms with Crippen molar-refractivity contribution in [3.63, 3.8) is 0 Å². The number of aryl methyl sites for hydroxylation is 1. The minimum absolute atomic E-state index is 0.650. The Kier molecular flexibility index (Phi) is 4.51. The van der Waals surface area contributed by atoms with E-state index in [4.69, 9.17) is 4.74 Å². The Hall–Kier alpha value is -1.18. The fourth-order valence-corrected chi connectivity index (χ4v) is 3.07. The molecule has 0 amide bonds. The van der Waals surface area contributed by atoms with Gasteiger partial charge < -0.3 is 10.1 Å². The minimum atomic E-state index is 0.650. The molecule has 0 radical (unpaired) electrons. The Morgan fingerprint density at radius 3 is 2.72 bits per heavy atom. The highest BCUT2D eigenvalue weighted by molar-refractivity contribution is 5.51. The molecule has 0 spiro atoms. The van der Waals surface area contributed by atoms with Crippen molar-refractivity contribution in [2.24, 2.45) is 5.92 Å². The van der Waals surface area contributed by atoms with Gasteiger partial charge in [0.15, 0.2) is 0 Å². The second-order valence-electron chi connectivity index (χ2n) is 5.39. The summed E-state index contributed by atoms with van der Waals surface area (Å²) in [6, 6.07) is 7.03. The van der Waals surface area contributed by atoms with Crippen molar-refractivity contribution in [3.05, 3.63) is 23.8 Å². The molecule has 2 nitrogen and oxygen atoms in total. The second kappa shape index (κ2) is 6.12. The van der Waals surface area contributed by atoms with E-state index in [2.05, 4.69) is 37.4 Å². The van der Waals surface area contributed by atoms with Gasteiger partial charge in [0.1, 0.15) is 5.75 Å². The number of ether oxygens (including phenoxy) is 1. The van der Waals surface area contributed by atoms with Gasteiger partial charge >= 0.3 is 0 Å². The lowest BCUT2D eigenvalue weighted by Crippen LogP contribution is -2.31. The predicted octanol–water partition coefficient (Wildman–Crippen LogP) is 4.38. The molecule has 1 aliphatic carbocycles. The summed E-state index contributed by atoms with van der Waals surface area (Å²) in [4.78, 5) is 0. The molecular formula is C16H25NO. The van der Waals surface area contributed by atoms with Crippen LogP contribution in [0.5, 0.6) is 5.75 Å². The second-order valence-corrected chi connectivity index (χ2v) is 5.39. The Balaban J connectivity index is 2.05. The Labute approximate surface area is 111 Å². The molecule has 0 heterocycles. The van der Waals surface area contributed by atoms with Crippen molar-refractivity contribution in [3.8, 4) is 5.75 Å². The normalized spacial score (nSPS) is 23.7. The summed E-state index contributed by atoms with van der Waals surface area (Å²) in [7, 11) is 1.73. The van der Waals surface area contributed by atoms with Gasteiger partial charge in [-0.15, -0.1) is 0 Å². The van der Waals surface area contributed by atoms with Crippen LogP contribution in [0, 0.1) is 12.8 Å². The molecule has 0 bridgehead atoms. The molecule has 1 aromatic rings. The molecule has 100 valence electrons. The van der Waals surface area contributed by atoms with Crippen LogP contribution in [0.15, 0.2) is 18.2 Å². The zero-order chi connectivity index (χ0) is 13.0. The quantitative estimate of drug-likeness (QED) is 0.852. The number of hydrogen-bond acceptors (Lipinski definition) is 2. The molecule has 0 aliphatic heterocycles. The summed E-state index contributed by atoms with van der Waals surface area (Å²) in [5.41, 5.74) is 2.44. The third-order valence-corrected chi connectivity index (χ3v) is 4.18. The molecule has 1 saturated carbocycles. The molecule has 1 fully saturated rings. The van der Waals surface area contributed by atoms with Crippen LogP contribution >= 0.6 is 0 Å². The summed E-state index contributed by atoms with van der Waals surface area (Å²) in [5, 5.41) is 3.72. The van der Waals surface area contributed by atoms with Gasteiger partial charge in [-0.3, -0.25) is 0 Å². The maximum atomic E-state index is 5.30. The molecule has 1 aromatic carbocycles. The van der Waals surface area contributed by atoms with E-state index in [1.165, 1.54) is 43.4 Å². The zero-order valence-corrected chi connectivity index (χ0v) is 11.8. The summed E-state index contributed by atoms with van der Waals surface area (Å²) in [6.45, 7) is 4.41. The van der Waals surface area contributed by atoms with E-state index < -0.39 is 0 Å². The van der Waals surface area contributed by atoms with Crippen molar-refractivity contribution in [1.29, 1.82) is 0 Å². The highest BCUT2D eigenvalue weighted by atomic mass is 16.5. The van der Waals surface area contributed by atoms with Crippen LogP contribution in [-0.4, -0.2) is 13.2 Å². The summed E-state index contributed by atoms with van der Waals surface area (Å²) in [5.74, 6) is 1.80. The zero-order valence-electron chi connectivity index (χ0n) is 11.8. The van der Waals surface area contributed by atoms with Gasteiger partial charge in [0.25, 0.3) is 0 Å². The van der Waals surface area contributed by atoms with Crippen LogP contribution in [0.25, 0.3) is 0 Å². The highest BCUT2D eigenvalue weighted by Crippen LogP contribution is 2.30. The van der Waals surface area contributed by atoms with Crippen LogP contribution in [0.3, 0.4) is 0 Å². The van der Waals surface area contributed by atoms with E-state index in [-0.39, 0.29) is 0 Å². The number of anilines is 1. The minimum Gasteiger partial charge on any atom is -0.496 e. The molecule has 0 saturated heterocycles. The summed E-state index contributed by atoms with van der Waals surface area (Å²) >= 11 is 0. The van der Waals surface area contributed by atoms with Gasteiger partial charge in [0, 0.05) is 11.7 Å². The average molecular weight is 247 g/mol. The Bertz CT molecular complexity index is 389. The number of benzene rings is 1. The first kappa shape index (κ1) is 13.3. The molecule has 2 heteroatoms. The average Bonchev–Trinajstić information content (AvgIpc) is 2.39. The van der Waals surface area contributed by atoms with Crippen molar-refractivity contribution in [1.82, 2.24) is 0 Å². The van der Waals surface area contributed by atoms with E-state index in [1.54, 1.807) is 7.11 Å². The van der Waals surface area contributed by atoms with Crippen molar-refractivity contribution >= 4 is 5.69 Å². The van der Waals surface area contributed by atoms with Gasteiger partial charge in [-0.25, -0.2) is 0 Å². The van der Waals surface area contributed by atoms with Gasteiger partial charge in [-0.1, -0.05) is 26.2 Å². The number of nitrogens with one attached hydrogen (secondary N) is 1. The highest BCUT2D eigenvalue weighted by Gasteiger charge is 2.23. The predicted molar refractivity (Wildman–Crippen MR) is 77.4 cm³/mol. The van der Waals surface area contributed by atoms with Gasteiger partial charge in [-0.2, -0.15) is 0 Å². The lowest BCUT2D eigenvalue weighted by Gasteiger charge is -2.32. The molecule has 0 aromatic heterocycles. The monoisotopic (exact) mass is 247 g/mol. The maximum absolute atomic E-state index is 5.30. The first-order chi connectivity index (χ1) is 8.74. The fourth-order valence-electron chi connectivity index (χ4n) is 3.07. The van der Waals surface area contributed by atoms with Crippen molar-refractivity contribution in [2.45, 2.75) is 52.0 Å². The van der Waals surface area contributed by atoms with E-state index in [0.29, 0.717) is 6.04 Å². The fraction of sp³-hybridized carbons (Fsp3) is 0.625. The molecule has 2 atom stereocenters. The van der Waals surface area contributed by atoms with Crippen LogP contribution in [0.4, 0.5) is 5.69 Å². The molecule has 1 aliphatic rings. The van der Waals surface area contributed by atoms with Gasteiger partial charge in [-0.05, 0) is 49.4 Å². The van der Waals surface area contributed by atoms with Crippen molar-refractivity contribution < 1.29 is 4.74 Å². The smallest absolute Gasteiger partial charge is 0.121 e. The third kappa shape index (κ3) is 2.98. The number of rotatable bonds is 4. The maximum Gasteiger partial charge on any atom is 0.121 e. The Morgan fingerprint density at radius 1 is 1.28 bits per heavy atom. The largest absolute Gasteiger partial charge is 0.496 e. The van der Waals surface area contributed by atoms with Crippen LogP contribution in [0.1, 0.15) is 44.6 Å². The topological polar surface area (TPSA) is 21.3 Å². The third-order valence-electron chi connectivity index (χ3n) is 4.18. The molecular weight excluding hydrogens is 222 g/mol. The molecule has 2 rings (SSSR count). The van der Waals surface area contributed by atoms with Crippen LogP contribution in [-0.2, 0) is 0 Å². The van der Waals surface area contributed by atoms with Crippen LogP contribution in [0.2, 0.25) is 0 Å². The lowest BCUT2D eigenvalue weighted by molar-refractivity contribution is 0.317. The first-order valence-electron chi connectivity index (χ1n) is 7.15. The van der Waals surface area contributed by atoms with Crippen LogP contribution < -0.4 is 10.1 Å². The molecule has 18 heavy (non-hydrogen) atoms. The standard InChI is InChI=1S/C16H25NO/c1-4-13-7-5-6-8-15(13)17-14-9-10-16(18-3)12(2)11-14/h9-11,13,15,17H,4-8H2,1-3H3. The van der Waals surface area contributed by atoms with Gasteiger partial charge in [0.05, 0.1) is 7.11 Å². The van der Waals surface area contributed by atoms with E-state index in [0.717, 1.165) is 11.7 Å². The molecule has 1 N–H and O–H groups in total. The van der Waals surface area contributed by atoms with Gasteiger partial charge in [0.2, 0.25) is 0 Å². The first-order valence-corrected chi connectivity index (χ1v) is 7.15. The number of methoxy groups -OCH3 is 1. The van der Waals surface area contributed by atoms with E-state index in [1.807, 2.05) is 0 Å². The Morgan fingerprint density at radius 2 is 2.06 bits per heavy atom. The lowest BCUT2D eigenvalue weighted by atomic mass is 9.83. The number of hydrogen-bond donors (Lipinski definition) is 1. The van der Waals surface area contributed by atoms with Crippen molar-refractivity contribution in [2.75, 3.05) is 12.4 Å². The molecule has 2 unspecified atom stereocenters.